The molecule has 9 rings (SSSR count). The number of aliphatic hydroxyl groups is 3. The second kappa shape index (κ2) is 20.4. The number of benzene rings is 5. The minimum Gasteiger partial charge on any atom is -0.508 e. The molecule has 1 fully saturated rings. The van der Waals surface area contributed by atoms with Crippen LogP contribution in [0.4, 0.5) is 0 Å². The van der Waals surface area contributed by atoms with E-state index in [2.05, 4.69) is 17.2 Å². The minimum absolute atomic E-state index is 0.0248. The van der Waals surface area contributed by atoms with Crippen molar-refractivity contribution >= 4 is 10.8 Å². The number of hydrogen-bond donors (Lipinski definition) is 7. The highest BCUT2D eigenvalue weighted by atomic mass is 16.5. The molecular weight excluding hydrogens is 843 g/mol. The van der Waals surface area contributed by atoms with Crippen molar-refractivity contribution in [2.45, 2.75) is 94.3 Å². The van der Waals surface area contributed by atoms with Gasteiger partial charge in [-0.1, -0.05) is 30.0 Å². The van der Waals surface area contributed by atoms with Gasteiger partial charge < -0.3 is 59.1 Å². The third kappa shape index (κ3) is 9.58. The van der Waals surface area contributed by atoms with Gasteiger partial charge in [-0.3, -0.25) is 5.32 Å². The van der Waals surface area contributed by atoms with Gasteiger partial charge in [0.05, 0.1) is 37.8 Å². The van der Waals surface area contributed by atoms with Crippen LogP contribution >= 0.6 is 0 Å². The lowest BCUT2D eigenvalue weighted by Crippen LogP contribution is -2.49. The Labute approximate surface area is 384 Å². The number of phenolic OH excluding ortho intramolecular Hbond substituents is 3. The molecule has 1 aliphatic carbocycles. The maximum atomic E-state index is 13.0. The third-order valence-corrected chi connectivity index (χ3v) is 13.6. The van der Waals surface area contributed by atoms with Crippen LogP contribution in [0.5, 0.6) is 40.2 Å². The van der Waals surface area contributed by atoms with Crippen molar-refractivity contribution in [2.75, 3.05) is 40.3 Å². The SMILES string of the molecule is COCCCC1Oc2c3cc(c4cc(O)ccc24)OCC#CCC(NCO)C(CCO)OC3C1C1COc2c(Cc3cc(O)ccc3-c3cccc(O)c3)cc(OC3CCCC3)cc2C1O. The Balaban J connectivity index is 1.18. The molecule has 7 atom stereocenters. The van der Waals surface area contributed by atoms with Gasteiger partial charge in [-0.2, -0.15) is 0 Å². The molecule has 4 aliphatic rings. The molecule has 1 saturated carbocycles. The van der Waals surface area contributed by atoms with Gasteiger partial charge >= 0.3 is 0 Å². The van der Waals surface area contributed by atoms with Crippen LogP contribution in [0.2, 0.25) is 0 Å². The molecule has 2 bridgehead atoms. The summed E-state index contributed by atoms with van der Waals surface area (Å²) < 4.78 is 39.9. The number of aliphatic hydroxyl groups excluding tert-OH is 3. The summed E-state index contributed by atoms with van der Waals surface area (Å²) in [5.74, 6) is 7.56. The molecule has 0 spiro atoms. The monoisotopic (exact) mass is 901 g/mol. The highest BCUT2D eigenvalue weighted by Crippen LogP contribution is 2.55. The maximum absolute atomic E-state index is 13.0. The largest absolute Gasteiger partial charge is 0.508 e. The number of hydrogen-bond acceptors (Lipinski definition) is 13. The zero-order valence-corrected chi connectivity index (χ0v) is 37.2. The molecule has 3 aliphatic heterocycles. The molecule has 5 aromatic carbocycles. The molecule has 66 heavy (non-hydrogen) atoms. The number of methoxy groups -OCH3 is 1. The van der Waals surface area contributed by atoms with E-state index in [0.29, 0.717) is 77.2 Å². The number of nitrogens with one attached hydrogen (secondary N) is 1. The van der Waals surface area contributed by atoms with Crippen LogP contribution in [0, 0.1) is 23.7 Å². The number of rotatable bonds is 14. The fourth-order valence-electron chi connectivity index (χ4n) is 10.5. The lowest BCUT2D eigenvalue weighted by Gasteiger charge is -2.47. The lowest BCUT2D eigenvalue weighted by molar-refractivity contribution is -0.142. The molecule has 7 N–H and O–H groups in total. The second-order valence-corrected chi connectivity index (χ2v) is 17.8. The van der Waals surface area contributed by atoms with E-state index in [9.17, 15) is 30.6 Å². The van der Waals surface area contributed by atoms with Crippen LogP contribution < -0.4 is 24.3 Å². The standard InChI is InChI=1S/C53H59NO12/c1-61-20-7-13-47-49(53-43-28-48(41-26-36(59)15-17-40(41)52(43)66-47)62-21-5-4-12-45(54-30-56)46(65-53)18-19-55)44-29-63-51-33(25-38(27-42(51)50(44)60)64-37-10-2-3-11-37)22-32-24-35(58)14-16-39(32)31-8-6-9-34(57)23-31/h6,8-9,14-17,23-28,37,44-47,49-50,53-60H,2-3,7,10-13,18-22,29-30H2,1H3. The van der Waals surface area contributed by atoms with Crippen LogP contribution in [-0.2, 0) is 15.9 Å². The summed E-state index contributed by atoms with van der Waals surface area (Å²) >= 11 is 0. The summed E-state index contributed by atoms with van der Waals surface area (Å²) in [4.78, 5) is 0. The van der Waals surface area contributed by atoms with Gasteiger partial charge in [0.25, 0.3) is 0 Å². The molecule has 0 aromatic heterocycles. The first-order chi connectivity index (χ1) is 32.2. The van der Waals surface area contributed by atoms with Crippen molar-refractivity contribution in [1.82, 2.24) is 5.32 Å². The quantitative estimate of drug-likeness (QED) is 0.0329. The van der Waals surface area contributed by atoms with Crippen molar-refractivity contribution in [2.24, 2.45) is 11.8 Å². The molecule has 0 radical (unpaired) electrons. The van der Waals surface area contributed by atoms with E-state index in [0.717, 1.165) is 47.9 Å². The fourth-order valence-corrected chi connectivity index (χ4v) is 10.5. The van der Waals surface area contributed by atoms with Gasteiger partial charge in [-0.25, -0.2) is 0 Å². The molecule has 13 heteroatoms. The third-order valence-electron chi connectivity index (χ3n) is 13.6. The van der Waals surface area contributed by atoms with E-state index in [1.807, 2.05) is 30.3 Å². The predicted octanol–water partition coefficient (Wildman–Crippen LogP) is 7.58. The Bertz CT molecular complexity index is 2560. The van der Waals surface area contributed by atoms with Crippen LogP contribution in [0.25, 0.3) is 21.9 Å². The van der Waals surface area contributed by atoms with Gasteiger partial charge in [0.1, 0.15) is 53.0 Å². The Morgan fingerprint density at radius 3 is 2.41 bits per heavy atom. The maximum Gasteiger partial charge on any atom is 0.149 e. The number of aromatic hydroxyl groups is 3. The molecule has 348 valence electrons. The van der Waals surface area contributed by atoms with E-state index in [-0.39, 0.29) is 56.3 Å². The van der Waals surface area contributed by atoms with Gasteiger partial charge in [0.2, 0.25) is 0 Å². The summed E-state index contributed by atoms with van der Waals surface area (Å²) in [5, 5.41) is 70.0. The molecule has 3 heterocycles. The average molecular weight is 902 g/mol. The first-order valence-electron chi connectivity index (χ1n) is 23.1. The first kappa shape index (κ1) is 45.4. The van der Waals surface area contributed by atoms with Crippen molar-refractivity contribution in [3.8, 4) is 63.2 Å². The van der Waals surface area contributed by atoms with Gasteiger partial charge in [0.15, 0.2) is 0 Å². The topological polar surface area (TPSA) is 189 Å². The van der Waals surface area contributed by atoms with E-state index in [1.165, 1.54) is 0 Å². The van der Waals surface area contributed by atoms with Crippen molar-refractivity contribution in [3.05, 3.63) is 101 Å². The smallest absolute Gasteiger partial charge is 0.149 e. The molecule has 5 aromatic rings. The first-order valence-corrected chi connectivity index (χ1v) is 23.1. The number of fused-ring (bicyclic) bond motifs is 5. The van der Waals surface area contributed by atoms with E-state index in [1.54, 1.807) is 55.6 Å². The number of phenols is 3. The van der Waals surface area contributed by atoms with Crippen LogP contribution in [0.3, 0.4) is 0 Å². The predicted molar refractivity (Wildman–Crippen MR) is 247 cm³/mol. The minimum atomic E-state index is -1.10. The normalized spacial score (nSPS) is 23.8. The van der Waals surface area contributed by atoms with E-state index < -0.39 is 42.3 Å². The van der Waals surface area contributed by atoms with E-state index in [4.69, 9.17) is 28.4 Å². The molecular formula is C53H59NO12. The Kier molecular flexibility index (Phi) is 14.1. The van der Waals surface area contributed by atoms with Crippen molar-refractivity contribution < 1.29 is 59.1 Å². The highest BCUT2D eigenvalue weighted by molar-refractivity contribution is 5.96. The summed E-state index contributed by atoms with van der Waals surface area (Å²) in [6.45, 7) is 0.0988. The van der Waals surface area contributed by atoms with Gasteiger partial charge in [-0.05, 0) is 122 Å². The zero-order valence-electron chi connectivity index (χ0n) is 37.2. The summed E-state index contributed by atoms with van der Waals surface area (Å²) in [5.41, 5.74) is 4.42. The van der Waals surface area contributed by atoms with Crippen LogP contribution in [0.1, 0.15) is 85.8 Å². The molecule has 0 saturated heterocycles. The average Bonchev–Trinajstić information content (AvgIpc) is 3.82. The lowest BCUT2D eigenvalue weighted by atomic mass is 9.72. The van der Waals surface area contributed by atoms with Crippen molar-refractivity contribution in [1.29, 1.82) is 0 Å². The number of ether oxygens (including phenoxy) is 6. The Morgan fingerprint density at radius 2 is 1.61 bits per heavy atom. The van der Waals surface area contributed by atoms with Crippen LogP contribution in [0.15, 0.2) is 78.9 Å². The highest BCUT2D eigenvalue weighted by Gasteiger charge is 2.50. The molecule has 7 unspecified atom stereocenters. The van der Waals surface area contributed by atoms with Crippen LogP contribution in [-0.4, -0.2) is 95.3 Å². The van der Waals surface area contributed by atoms with Gasteiger partial charge in [-0.15, -0.1) is 0 Å². The van der Waals surface area contributed by atoms with E-state index >= 15 is 0 Å². The fraction of sp³-hybridized carbons (Fsp3) is 0.434. The second-order valence-electron chi connectivity index (χ2n) is 17.8. The van der Waals surface area contributed by atoms with Crippen molar-refractivity contribution in [3.63, 3.8) is 0 Å². The van der Waals surface area contributed by atoms with Gasteiger partial charge in [0, 0.05) is 78.5 Å². The Morgan fingerprint density at radius 1 is 0.788 bits per heavy atom. The summed E-state index contributed by atoms with van der Waals surface area (Å²) in [6.07, 6.45) is 3.02. The Hall–Kier alpha value is -5.72. The summed E-state index contributed by atoms with van der Waals surface area (Å²) in [7, 11) is 1.66. The zero-order chi connectivity index (χ0) is 45.7. The molecule has 13 nitrogen and oxygen atoms in total. The molecule has 0 amide bonds. The summed E-state index contributed by atoms with van der Waals surface area (Å²) in [6, 6.07) is 22.5.